The van der Waals surface area contributed by atoms with E-state index in [1.165, 1.54) is 17.1 Å². The van der Waals surface area contributed by atoms with E-state index in [9.17, 15) is 14.7 Å². The van der Waals surface area contributed by atoms with Crippen molar-refractivity contribution in [1.82, 2.24) is 0 Å². The minimum absolute atomic E-state index is 0.0776. The maximum atomic E-state index is 12.7. The number of aromatic carboxylic acids is 1. The Morgan fingerprint density at radius 2 is 1.92 bits per heavy atom. The lowest BCUT2D eigenvalue weighted by Crippen LogP contribution is -2.21. The number of hydrogen-bond donors (Lipinski definition) is 1. The summed E-state index contributed by atoms with van der Waals surface area (Å²) in [6.45, 7) is 1.73. The third-order valence-electron chi connectivity index (χ3n) is 3.84. The first-order valence-electron chi connectivity index (χ1n) is 7.83. The Balaban J connectivity index is 1.86. The molecule has 2 aromatic rings. The second-order valence-electron chi connectivity index (χ2n) is 5.62. The van der Waals surface area contributed by atoms with E-state index < -0.39 is 5.97 Å². The molecule has 0 unspecified atom stereocenters. The first-order valence-corrected chi connectivity index (χ1v) is 8.21. The molecule has 0 aliphatic carbocycles. The van der Waals surface area contributed by atoms with Crippen LogP contribution in [0.3, 0.4) is 0 Å². The van der Waals surface area contributed by atoms with Gasteiger partial charge in [-0.15, -0.1) is 0 Å². The topological polar surface area (TPSA) is 70.0 Å². The fourth-order valence-corrected chi connectivity index (χ4v) is 2.71. The molecule has 6 heteroatoms. The van der Waals surface area contributed by atoms with E-state index >= 15 is 0 Å². The summed E-state index contributed by atoms with van der Waals surface area (Å²) in [6, 6.07) is 14.1. The van der Waals surface area contributed by atoms with Crippen molar-refractivity contribution in [3.05, 3.63) is 82.4 Å². The highest BCUT2D eigenvalue weighted by molar-refractivity contribution is 6.34. The molecule has 3 rings (SSSR count). The first kappa shape index (κ1) is 17.6. The third-order valence-corrected chi connectivity index (χ3v) is 4.17. The molecule has 1 aliphatic rings. The molecule has 26 heavy (non-hydrogen) atoms. The van der Waals surface area contributed by atoms with Gasteiger partial charge in [-0.3, -0.25) is 4.79 Å². The second kappa shape index (κ2) is 7.37. The third kappa shape index (κ3) is 3.58. The number of anilines is 1. The molecule has 0 atom stereocenters. The predicted octanol–water partition coefficient (Wildman–Crippen LogP) is 4.40. The Morgan fingerprint density at radius 1 is 1.19 bits per heavy atom. The summed E-state index contributed by atoms with van der Waals surface area (Å²) in [7, 11) is 0. The number of hydrazone groups is 1. The molecule has 5 nitrogen and oxygen atoms in total. The molecule has 0 bridgehead atoms. The molecule has 0 saturated carbocycles. The van der Waals surface area contributed by atoms with Crippen molar-refractivity contribution in [2.75, 3.05) is 5.01 Å². The van der Waals surface area contributed by atoms with Crippen molar-refractivity contribution in [2.24, 2.45) is 5.10 Å². The van der Waals surface area contributed by atoms with Crippen LogP contribution in [0.2, 0.25) is 5.02 Å². The number of amides is 1. The standard InChI is InChI=1S/C20H15ClN2O3/c1-13-16(9-5-8-14-6-3-2-4-7-14)19(24)23(22-13)15-10-11-18(21)17(12-15)20(25)26/h2-12H,1H3,(H,25,26). The molecule has 0 radical (unpaired) electrons. The molecule has 0 fully saturated rings. The molecule has 0 aromatic heterocycles. The smallest absolute Gasteiger partial charge is 0.337 e. The summed E-state index contributed by atoms with van der Waals surface area (Å²) >= 11 is 5.88. The van der Waals surface area contributed by atoms with Gasteiger partial charge in [-0.25, -0.2) is 4.79 Å². The van der Waals surface area contributed by atoms with Gasteiger partial charge in [0, 0.05) is 0 Å². The highest BCUT2D eigenvalue weighted by Crippen LogP contribution is 2.28. The molecular weight excluding hydrogens is 352 g/mol. The Hall–Kier alpha value is -3.18. The fraction of sp³-hybridized carbons (Fsp3) is 0.0500. The number of rotatable bonds is 4. The normalized spacial score (nSPS) is 15.8. The van der Waals surface area contributed by atoms with Crippen LogP contribution in [0.1, 0.15) is 22.8 Å². The highest BCUT2D eigenvalue weighted by atomic mass is 35.5. The molecule has 1 amide bonds. The molecule has 1 N–H and O–H groups in total. The van der Waals surface area contributed by atoms with Crippen LogP contribution < -0.4 is 5.01 Å². The lowest BCUT2D eigenvalue weighted by molar-refractivity contribution is -0.114. The van der Waals surface area contributed by atoms with Gasteiger partial charge in [0.1, 0.15) is 0 Å². The Labute approximate surface area is 155 Å². The van der Waals surface area contributed by atoms with Crippen molar-refractivity contribution >= 4 is 41.0 Å². The number of carbonyl (C=O) groups is 2. The van der Waals surface area contributed by atoms with Gasteiger partial charge in [0.05, 0.1) is 27.6 Å². The lowest BCUT2D eigenvalue weighted by Gasteiger charge is -2.12. The van der Waals surface area contributed by atoms with Crippen LogP contribution in [0.15, 0.2) is 71.4 Å². The summed E-state index contributed by atoms with van der Waals surface area (Å²) in [6.07, 6.45) is 5.37. The number of carboxylic acid groups (broad SMARTS) is 1. The molecule has 1 heterocycles. The van der Waals surface area contributed by atoms with E-state index in [-0.39, 0.29) is 16.5 Å². The number of benzene rings is 2. The van der Waals surface area contributed by atoms with E-state index in [0.717, 1.165) is 5.56 Å². The molecule has 130 valence electrons. The lowest BCUT2D eigenvalue weighted by atomic mass is 10.1. The summed E-state index contributed by atoms with van der Waals surface area (Å²) in [5, 5.41) is 14.7. The maximum absolute atomic E-state index is 12.7. The molecule has 2 aromatic carbocycles. The molecule has 1 aliphatic heterocycles. The average Bonchev–Trinajstić information content (AvgIpc) is 2.91. The summed E-state index contributed by atoms with van der Waals surface area (Å²) in [5.74, 6) is -1.48. The summed E-state index contributed by atoms with van der Waals surface area (Å²) < 4.78 is 0. The predicted molar refractivity (Wildman–Crippen MR) is 103 cm³/mol. The zero-order chi connectivity index (χ0) is 18.7. The van der Waals surface area contributed by atoms with Gasteiger partial charge in [0.2, 0.25) is 0 Å². The van der Waals surface area contributed by atoms with Crippen LogP contribution in [0.4, 0.5) is 5.69 Å². The Kier molecular flexibility index (Phi) is 5.00. The number of hydrogen-bond acceptors (Lipinski definition) is 3. The van der Waals surface area contributed by atoms with E-state index in [4.69, 9.17) is 11.6 Å². The van der Waals surface area contributed by atoms with Crippen LogP contribution in [-0.2, 0) is 4.79 Å². The summed E-state index contributed by atoms with van der Waals surface area (Å²) in [5.41, 5.74) is 2.30. The van der Waals surface area contributed by atoms with E-state index in [1.807, 2.05) is 36.4 Å². The SMILES string of the molecule is CC1=NN(c2ccc(Cl)c(C(=O)O)c2)C(=O)C1=CC=Cc1ccccc1. The van der Waals surface area contributed by atoms with Crippen molar-refractivity contribution in [3.63, 3.8) is 0 Å². The van der Waals surface area contributed by atoms with Crippen molar-refractivity contribution < 1.29 is 14.7 Å². The van der Waals surface area contributed by atoms with Gasteiger partial charge < -0.3 is 5.11 Å². The largest absolute Gasteiger partial charge is 0.478 e. The molecule has 0 spiro atoms. The zero-order valence-corrected chi connectivity index (χ0v) is 14.6. The van der Waals surface area contributed by atoms with Gasteiger partial charge in [-0.05, 0) is 36.8 Å². The van der Waals surface area contributed by atoms with Gasteiger partial charge >= 0.3 is 5.97 Å². The Bertz CT molecular complexity index is 962. The van der Waals surface area contributed by atoms with Gasteiger partial charge in [0.25, 0.3) is 5.91 Å². The van der Waals surface area contributed by atoms with E-state index in [2.05, 4.69) is 5.10 Å². The van der Waals surface area contributed by atoms with Gasteiger partial charge in [-0.1, -0.05) is 54.1 Å². The van der Waals surface area contributed by atoms with Gasteiger partial charge in [0.15, 0.2) is 0 Å². The van der Waals surface area contributed by atoms with Crippen LogP contribution in [-0.4, -0.2) is 22.7 Å². The monoisotopic (exact) mass is 366 g/mol. The minimum Gasteiger partial charge on any atom is -0.478 e. The van der Waals surface area contributed by atoms with E-state index in [1.54, 1.807) is 25.1 Å². The maximum Gasteiger partial charge on any atom is 0.337 e. The van der Waals surface area contributed by atoms with Gasteiger partial charge in [-0.2, -0.15) is 10.1 Å². The van der Waals surface area contributed by atoms with E-state index in [0.29, 0.717) is 17.0 Å². The fourth-order valence-electron chi connectivity index (χ4n) is 2.51. The number of carbonyl (C=O) groups excluding carboxylic acids is 1. The Morgan fingerprint density at radius 3 is 2.62 bits per heavy atom. The second-order valence-corrected chi connectivity index (χ2v) is 6.03. The van der Waals surface area contributed by atoms with Crippen LogP contribution in [0, 0.1) is 0 Å². The van der Waals surface area contributed by atoms with Crippen LogP contribution in [0.5, 0.6) is 0 Å². The van der Waals surface area contributed by atoms with Crippen molar-refractivity contribution in [2.45, 2.75) is 6.92 Å². The number of allylic oxidation sites excluding steroid dienone is 2. The van der Waals surface area contributed by atoms with Crippen LogP contribution in [0.25, 0.3) is 6.08 Å². The summed E-state index contributed by atoms with van der Waals surface area (Å²) in [4.78, 5) is 23.9. The molecule has 0 saturated heterocycles. The van der Waals surface area contributed by atoms with Crippen molar-refractivity contribution in [3.8, 4) is 0 Å². The molecular formula is C20H15ClN2O3. The van der Waals surface area contributed by atoms with Crippen molar-refractivity contribution in [1.29, 1.82) is 0 Å². The minimum atomic E-state index is -1.16. The highest BCUT2D eigenvalue weighted by Gasteiger charge is 2.29. The van der Waals surface area contributed by atoms with Crippen LogP contribution >= 0.6 is 11.6 Å². The zero-order valence-electron chi connectivity index (χ0n) is 13.9. The number of nitrogens with zero attached hydrogens (tertiary/aromatic N) is 2. The first-order chi connectivity index (χ1) is 12.5. The number of carboxylic acids is 1. The number of halogens is 1. The quantitative estimate of drug-likeness (QED) is 0.815. The average molecular weight is 367 g/mol.